The van der Waals surface area contributed by atoms with Gasteiger partial charge in [0.05, 0.1) is 5.56 Å². The Morgan fingerprint density at radius 1 is 1.60 bits per heavy atom. The Morgan fingerprint density at radius 2 is 2.27 bits per heavy atom. The zero-order chi connectivity index (χ0) is 11.4. The van der Waals surface area contributed by atoms with Gasteiger partial charge in [-0.15, -0.1) is 0 Å². The number of hydrogen-bond donors (Lipinski definition) is 3. The van der Waals surface area contributed by atoms with E-state index in [0.29, 0.717) is 12.1 Å². The van der Waals surface area contributed by atoms with Gasteiger partial charge in [0.1, 0.15) is 0 Å². The Kier molecular flexibility index (Phi) is 3.68. The molecule has 1 aromatic rings. The normalized spacial score (nSPS) is 12.2. The van der Waals surface area contributed by atoms with E-state index < -0.39 is 5.97 Å². The summed E-state index contributed by atoms with van der Waals surface area (Å²) in [5.74, 6) is -0.906. The number of nitrogens with one attached hydrogen (secondary N) is 1. The molecule has 0 aliphatic carbocycles. The summed E-state index contributed by atoms with van der Waals surface area (Å²) < 4.78 is 0. The molecule has 0 amide bonds. The lowest BCUT2D eigenvalue weighted by Crippen LogP contribution is -2.25. The fourth-order valence-electron chi connectivity index (χ4n) is 1.28. The second-order valence-corrected chi connectivity index (χ2v) is 3.62. The lowest BCUT2D eigenvalue weighted by molar-refractivity contribution is 0.0697. The maximum atomic E-state index is 10.7. The van der Waals surface area contributed by atoms with Crippen LogP contribution < -0.4 is 11.1 Å². The van der Waals surface area contributed by atoms with Crippen molar-refractivity contribution in [2.45, 2.75) is 19.9 Å². The highest BCUT2D eigenvalue weighted by molar-refractivity contribution is 5.88. The second kappa shape index (κ2) is 4.79. The van der Waals surface area contributed by atoms with E-state index in [4.69, 9.17) is 10.8 Å². The largest absolute Gasteiger partial charge is 0.478 e. The molecule has 4 nitrogen and oxygen atoms in total. The summed E-state index contributed by atoms with van der Waals surface area (Å²) in [5, 5.41) is 12.0. The van der Waals surface area contributed by atoms with Crippen molar-refractivity contribution in [1.29, 1.82) is 0 Å². The van der Waals surface area contributed by atoms with Gasteiger partial charge in [-0.25, -0.2) is 4.79 Å². The summed E-state index contributed by atoms with van der Waals surface area (Å²) in [5.41, 5.74) is 7.64. The van der Waals surface area contributed by atoms with Crippen LogP contribution >= 0.6 is 0 Å². The van der Waals surface area contributed by atoms with E-state index in [9.17, 15) is 4.79 Å². The molecular formula is C11H16N2O2. The first-order chi connectivity index (χ1) is 7.04. The van der Waals surface area contributed by atoms with Gasteiger partial charge in [0.25, 0.3) is 0 Å². The number of aryl methyl sites for hydroxylation is 1. The van der Waals surface area contributed by atoms with E-state index in [1.807, 2.05) is 13.8 Å². The molecule has 0 spiro atoms. The number of anilines is 1. The first-order valence-electron chi connectivity index (χ1n) is 4.85. The number of hydrogen-bond acceptors (Lipinski definition) is 3. The third-order valence-electron chi connectivity index (χ3n) is 2.23. The van der Waals surface area contributed by atoms with Gasteiger partial charge < -0.3 is 16.2 Å². The number of benzene rings is 1. The molecule has 1 unspecified atom stereocenters. The van der Waals surface area contributed by atoms with Crippen LogP contribution in [-0.2, 0) is 0 Å². The van der Waals surface area contributed by atoms with Gasteiger partial charge in [-0.3, -0.25) is 0 Å². The molecule has 0 saturated carbocycles. The van der Waals surface area contributed by atoms with E-state index >= 15 is 0 Å². The zero-order valence-corrected chi connectivity index (χ0v) is 8.95. The number of aromatic carboxylic acids is 1. The number of rotatable bonds is 4. The van der Waals surface area contributed by atoms with Crippen molar-refractivity contribution < 1.29 is 9.90 Å². The van der Waals surface area contributed by atoms with Crippen LogP contribution in [0.15, 0.2) is 18.2 Å². The average Bonchev–Trinajstić information content (AvgIpc) is 2.20. The van der Waals surface area contributed by atoms with Crippen molar-refractivity contribution in [3.8, 4) is 0 Å². The van der Waals surface area contributed by atoms with Gasteiger partial charge in [0.2, 0.25) is 0 Å². The van der Waals surface area contributed by atoms with Crippen molar-refractivity contribution in [2.75, 3.05) is 11.9 Å². The van der Waals surface area contributed by atoms with Crippen molar-refractivity contribution >= 4 is 11.7 Å². The molecule has 0 bridgehead atoms. The third-order valence-corrected chi connectivity index (χ3v) is 2.23. The standard InChI is InChI=1S/C11H16N2O2/c1-7-5-9(11(14)15)3-4-10(7)13-8(2)6-12/h3-5,8,13H,6,12H2,1-2H3,(H,14,15). The van der Waals surface area contributed by atoms with Gasteiger partial charge >= 0.3 is 5.97 Å². The fourth-order valence-corrected chi connectivity index (χ4v) is 1.28. The molecule has 0 fully saturated rings. The highest BCUT2D eigenvalue weighted by Crippen LogP contribution is 2.17. The highest BCUT2D eigenvalue weighted by atomic mass is 16.4. The number of carbonyl (C=O) groups is 1. The topological polar surface area (TPSA) is 75.3 Å². The molecule has 0 heterocycles. The van der Waals surface area contributed by atoms with Gasteiger partial charge in [-0.1, -0.05) is 0 Å². The van der Waals surface area contributed by atoms with Crippen LogP contribution in [0.2, 0.25) is 0 Å². The van der Waals surface area contributed by atoms with Crippen LogP contribution in [0, 0.1) is 6.92 Å². The van der Waals surface area contributed by atoms with Crippen LogP contribution in [0.5, 0.6) is 0 Å². The summed E-state index contributed by atoms with van der Waals surface area (Å²) in [7, 11) is 0. The monoisotopic (exact) mass is 208 g/mol. The minimum absolute atomic E-state index is 0.180. The van der Waals surface area contributed by atoms with E-state index in [2.05, 4.69) is 5.32 Å². The quantitative estimate of drug-likeness (QED) is 0.700. The van der Waals surface area contributed by atoms with Gasteiger partial charge in [-0.2, -0.15) is 0 Å². The maximum Gasteiger partial charge on any atom is 0.335 e. The Bertz CT molecular complexity index is 364. The molecular weight excluding hydrogens is 192 g/mol. The van der Waals surface area contributed by atoms with Crippen LogP contribution in [-0.4, -0.2) is 23.7 Å². The molecule has 1 atom stereocenters. The SMILES string of the molecule is Cc1cc(C(=O)O)ccc1NC(C)CN. The molecule has 1 rings (SSSR count). The Labute approximate surface area is 89.1 Å². The maximum absolute atomic E-state index is 10.7. The summed E-state index contributed by atoms with van der Waals surface area (Å²) in [4.78, 5) is 10.7. The highest BCUT2D eigenvalue weighted by Gasteiger charge is 2.06. The molecule has 4 N–H and O–H groups in total. The first kappa shape index (κ1) is 11.5. The average molecular weight is 208 g/mol. The minimum atomic E-state index is -0.906. The van der Waals surface area contributed by atoms with E-state index in [1.165, 1.54) is 0 Å². The molecule has 0 aromatic heterocycles. The molecule has 0 saturated heterocycles. The minimum Gasteiger partial charge on any atom is -0.478 e. The van der Waals surface area contributed by atoms with Crippen molar-refractivity contribution in [3.05, 3.63) is 29.3 Å². The number of carboxylic acids is 1. The summed E-state index contributed by atoms with van der Waals surface area (Å²) in [6.45, 7) is 4.39. The van der Waals surface area contributed by atoms with Crippen LogP contribution in [0.3, 0.4) is 0 Å². The van der Waals surface area contributed by atoms with Crippen LogP contribution in [0.1, 0.15) is 22.8 Å². The third kappa shape index (κ3) is 2.95. The van der Waals surface area contributed by atoms with E-state index in [1.54, 1.807) is 18.2 Å². The smallest absolute Gasteiger partial charge is 0.335 e. The van der Waals surface area contributed by atoms with Crippen molar-refractivity contribution in [3.63, 3.8) is 0 Å². The number of nitrogens with two attached hydrogens (primary N) is 1. The van der Waals surface area contributed by atoms with E-state index in [-0.39, 0.29) is 6.04 Å². The summed E-state index contributed by atoms with van der Waals surface area (Å²) in [6, 6.07) is 5.18. The van der Waals surface area contributed by atoms with Gasteiger partial charge in [0, 0.05) is 18.3 Å². The van der Waals surface area contributed by atoms with Crippen LogP contribution in [0.25, 0.3) is 0 Å². The Hall–Kier alpha value is -1.55. The molecule has 82 valence electrons. The predicted octanol–water partition coefficient (Wildman–Crippen LogP) is 1.45. The fraction of sp³-hybridized carbons (Fsp3) is 0.364. The molecule has 0 aliphatic rings. The lowest BCUT2D eigenvalue weighted by Gasteiger charge is -2.15. The van der Waals surface area contributed by atoms with Crippen molar-refractivity contribution in [1.82, 2.24) is 0 Å². The molecule has 0 radical (unpaired) electrons. The zero-order valence-electron chi connectivity index (χ0n) is 8.95. The van der Waals surface area contributed by atoms with Crippen LogP contribution in [0.4, 0.5) is 5.69 Å². The molecule has 15 heavy (non-hydrogen) atoms. The lowest BCUT2D eigenvalue weighted by atomic mass is 10.1. The van der Waals surface area contributed by atoms with Crippen molar-refractivity contribution in [2.24, 2.45) is 5.73 Å². The van der Waals surface area contributed by atoms with Gasteiger partial charge in [0.15, 0.2) is 0 Å². The van der Waals surface area contributed by atoms with E-state index in [0.717, 1.165) is 11.3 Å². The second-order valence-electron chi connectivity index (χ2n) is 3.62. The Balaban J connectivity index is 2.88. The Morgan fingerprint density at radius 3 is 2.73 bits per heavy atom. The molecule has 4 heteroatoms. The predicted molar refractivity (Wildman–Crippen MR) is 60.3 cm³/mol. The first-order valence-corrected chi connectivity index (χ1v) is 4.85. The summed E-state index contributed by atoms with van der Waals surface area (Å²) >= 11 is 0. The molecule has 1 aromatic carbocycles. The summed E-state index contributed by atoms with van der Waals surface area (Å²) in [6.07, 6.45) is 0. The van der Waals surface area contributed by atoms with Gasteiger partial charge in [-0.05, 0) is 37.6 Å². The number of carboxylic acid groups (broad SMARTS) is 1. The molecule has 0 aliphatic heterocycles.